The van der Waals surface area contributed by atoms with Gasteiger partial charge < -0.3 is 20.3 Å². The zero-order valence-corrected chi connectivity index (χ0v) is 25.2. The summed E-state index contributed by atoms with van der Waals surface area (Å²) in [6, 6.07) is 11.8. The first-order valence-corrected chi connectivity index (χ1v) is 14.0. The van der Waals surface area contributed by atoms with Crippen LogP contribution in [0, 0.1) is 26.7 Å². The first-order chi connectivity index (χ1) is 18.3. The number of nitrogens with one attached hydrogen (secondary N) is 2. The molecule has 0 fully saturated rings. The molecule has 7 nitrogen and oxygen atoms in total. The van der Waals surface area contributed by atoms with E-state index in [4.69, 9.17) is 4.74 Å². The molecule has 0 aliphatic heterocycles. The number of unbranched alkanes of at least 4 members (excludes halogenated alkanes) is 1. The molecule has 214 valence electrons. The lowest BCUT2D eigenvalue weighted by Gasteiger charge is -2.36. The van der Waals surface area contributed by atoms with E-state index in [1.54, 1.807) is 25.7 Å². The van der Waals surface area contributed by atoms with E-state index in [-0.39, 0.29) is 17.7 Å². The van der Waals surface area contributed by atoms with Crippen LogP contribution in [0.3, 0.4) is 0 Å². The van der Waals surface area contributed by atoms with Crippen LogP contribution in [0.4, 0.5) is 10.5 Å². The molecule has 0 aromatic heterocycles. The van der Waals surface area contributed by atoms with Crippen LogP contribution in [0.25, 0.3) is 0 Å². The minimum atomic E-state index is -0.880. The van der Waals surface area contributed by atoms with Gasteiger partial charge in [0.2, 0.25) is 5.91 Å². The van der Waals surface area contributed by atoms with Crippen LogP contribution in [0.15, 0.2) is 42.5 Å². The maximum absolute atomic E-state index is 14.3. The van der Waals surface area contributed by atoms with E-state index in [0.29, 0.717) is 25.1 Å². The van der Waals surface area contributed by atoms with E-state index in [1.165, 1.54) is 0 Å². The first-order valence-electron chi connectivity index (χ1n) is 14.0. The second-order valence-corrected chi connectivity index (χ2v) is 11.5. The van der Waals surface area contributed by atoms with Crippen LogP contribution >= 0.6 is 0 Å². The molecule has 39 heavy (non-hydrogen) atoms. The van der Waals surface area contributed by atoms with Gasteiger partial charge in [-0.2, -0.15) is 0 Å². The molecule has 2 aromatic carbocycles. The quantitative estimate of drug-likeness (QED) is 0.328. The molecule has 0 aliphatic rings. The number of carbonyl (C=O) groups excluding carboxylic acids is 3. The van der Waals surface area contributed by atoms with Gasteiger partial charge >= 0.3 is 6.09 Å². The zero-order chi connectivity index (χ0) is 29.3. The van der Waals surface area contributed by atoms with Gasteiger partial charge in [0.25, 0.3) is 5.91 Å². The molecular weight excluding hydrogens is 490 g/mol. The molecule has 3 amide bonds. The number of aryl methyl sites for hydroxylation is 3. The normalized spacial score (nSPS) is 13.7. The Morgan fingerprint density at radius 1 is 0.974 bits per heavy atom. The summed E-state index contributed by atoms with van der Waals surface area (Å²) in [7, 11) is 0. The van der Waals surface area contributed by atoms with Crippen molar-refractivity contribution in [3.8, 4) is 0 Å². The highest BCUT2D eigenvalue weighted by Gasteiger charge is 2.38. The fourth-order valence-corrected chi connectivity index (χ4v) is 4.55. The number of amides is 3. The fraction of sp³-hybridized carbons (Fsp3) is 0.531. The molecule has 2 rings (SSSR count). The van der Waals surface area contributed by atoms with Crippen molar-refractivity contribution >= 4 is 23.6 Å². The Hall–Kier alpha value is -3.35. The third-order valence-corrected chi connectivity index (χ3v) is 6.71. The maximum atomic E-state index is 14.3. The molecule has 0 heterocycles. The van der Waals surface area contributed by atoms with Crippen LogP contribution in [-0.2, 0) is 14.3 Å². The number of ether oxygens (including phenoxy) is 1. The highest BCUT2D eigenvalue weighted by atomic mass is 16.6. The third kappa shape index (κ3) is 9.41. The summed E-state index contributed by atoms with van der Waals surface area (Å²) >= 11 is 0. The van der Waals surface area contributed by atoms with Gasteiger partial charge in [-0.15, -0.1) is 0 Å². The molecule has 2 aromatic rings. The summed E-state index contributed by atoms with van der Waals surface area (Å²) in [5.41, 5.74) is 3.68. The predicted octanol–water partition coefficient (Wildman–Crippen LogP) is 6.86. The first kappa shape index (κ1) is 31.9. The summed E-state index contributed by atoms with van der Waals surface area (Å²) in [4.78, 5) is 42.8. The van der Waals surface area contributed by atoms with Crippen molar-refractivity contribution < 1.29 is 19.1 Å². The standard InChI is InChI=1S/C32H47N3O4/c1-10-12-17-35(30(37)27(23(5)11-2)34-31(38)39-32(7,8)9)28(25-19-21(3)18-22(4)20-25)29(36)33-26-16-14-13-15-24(26)6/h13-16,18-20,23,27-28H,10-12,17H2,1-9H3,(H,33,36)(H,34,38). The van der Waals surface area contributed by atoms with Gasteiger partial charge in [-0.3, -0.25) is 9.59 Å². The molecule has 3 atom stereocenters. The van der Waals surface area contributed by atoms with E-state index in [0.717, 1.165) is 28.7 Å². The van der Waals surface area contributed by atoms with Crippen molar-refractivity contribution in [2.45, 2.75) is 99.3 Å². The van der Waals surface area contributed by atoms with Crippen LogP contribution in [0.2, 0.25) is 0 Å². The fourth-order valence-electron chi connectivity index (χ4n) is 4.55. The summed E-state index contributed by atoms with van der Waals surface area (Å²) < 4.78 is 5.49. The zero-order valence-electron chi connectivity index (χ0n) is 25.2. The molecule has 0 spiro atoms. The predicted molar refractivity (Wildman–Crippen MR) is 158 cm³/mol. The van der Waals surface area contributed by atoms with Crippen LogP contribution in [-0.4, -0.2) is 41.0 Å². The van der Waals surface area contributed by atoms with E-state index >= 15 is 0 Å². The lowest BCUT2D eigenvalue weighted by atomic mass is 9.94. The Bertz CT molecular complexity index is 1120. The molecular formula is C32H47N3O4. The summed E-state index contributed by atoms with van der Waals surface area (Å²) in [6.07, 6.45) is 1.57. The second-order valence-electron chi connectivity index (χ2n) is 11.5. The molecule has 0 radical (unpaired) electrons. The molecule has 0 saturated heterocycles. The largest absolute Gasteiger partial charge is 0.444 e. The number of hydrogen-bond donors (Lipinski definition) is 2. The lowest BCUT2D eigenvalue weighted by Crippen LogP contribution is -2.55. The highest BCUT2D eigenvalue weighted by molar-refractivity contribution is 5.99. The topological polar surface area (TPSA) is 87.7 Å². The number of hydrogen-bond acceptors (Lipinski definition) is 4. The van der Waals surface area contributed by atoms with Gasteiger partial charge in [-0.1, -0.05) is 81.1 Å². The number of rotatable bonds is 11. The van der Waals surface area contributed by atoms with Gasteiger partial charge in [0, 0.05) is 12.2 Å². The smallest absolute Gasteiger partial charge is 0.408 e. The van der Waals surface area contributed by atoms with Crippen molar-refractivity contribution in [1.29, 1.82) is 0 Å². The van der Waals surface area contributed by atoms with Gasteiger partial charge in [-0.05, 0) is 71.1 Å². The van der Waals surface area contributed by atoms with E-state index in [2.05, 4.69) is 10.6 Å². The summed E-state index contributed by atoms with van der Waals surface area (Å²) in [5, 5.41) is 5.89. The molecule has 0 bridgehead atoms. The Morgan fingerprint density at radius 2 is 1.59 bits per heavy atom. The average molecular weight is 538 g/mol. The number of nitrogens with zero attached hydrogens (tertiary/aromatic N) is 1. The minimum Gasteiger partial charge on any atom is -0.444 e. The van der Waals surface area contributed by atoms with Gasteiger partial charge in [0.05, 0.1) is 0 Å². The Labute approximate surface area is 234 Å². The Kier molecular flexibility index (Phi) is 11.6. The van der Waals surface area contributed by atoms with Gasteiger partial charge in [0.15, 0.2) is 0 Å². The third-order valence-electron chi connectivity index (χ3n) is 6.71. The van der Waals surface area contributed by atoms with Crippen molar-refractivity contribution in [3.05, 3.63) is 64.7 Å². The highest BCUT2D eigenvalue weighted by Crippen LogP contribution is 2.28. The van der Waals surface area contributed by atoms with Crippen molar-refractivity contribution in [1.82, 2.24) is 10.2 Å². The van der Waals surface area contributed by atoms with Gasteiger partial charge in [-0.25, -0.2) is 4.79 Å². The van der Waals surface area contributed by atoms with Crippen LogP contribution < -0.4 is 10.6 Å². The van der Waals surface area contributed by atoms with Crippen molar-refractivity contribution in [3.63, 3.8) is 0 Å². The van der Waals surface area contributed by atoms with Gasteiger partial charge in [0.1, 0.15) is 17.7 Å². The van der Waals surface area contributed by atoms with Crippen LogP contribution in [0.1, 0.15) is 89.1 Å². The Morgan fingerprint density at radius 3 is 2.13 bits per heavy atom. The van der Waals surface area contributed by atoms with Crippen molar-refractivity contribution in [2.24, 2.45) is 5.92 Å². The lowest BCUT2D eigenvalue weighted by molar-refractivity contribution is -0.142. The molecule has 3 unspecified atom stereocenters. The Balaban J connectivity index is 2.60. The number of carbonyl (C=O) groups is 3. The van der Waals surface area contributed by atoms with E-state index in [1.807, 2.05) is 84.0 Å². The number of para-hydroxylation sites is 1. The summed E-state index contributed by atoms with van der Waals surface area (Å²) in [5.74, 6) is -0.764. The van der Waals surface area contributed by atoms with Crippen molar-refractivity contribution in [2.75, 3.05) is 11.9 Å². The molecule has 7 heteroatoms. The van der Waals surface area contributed by atoms with E-state index in [9.17, 15) is 14.4 Å². The van der Waals surface area contributed by atoms with Crippen LogP contribution in [0.5, 0.6) is 0 Å². The molecule has 2 N–H and O–H groups in total. The summed E-state index contributed by atoms with van der Waals surface area (Å²) in [6.45, 7) is 17.6. The second kappa shape index (κ2) is 14.2. The molecule has 0 saturated carbocycles. The number of alkyl carbamates (subject to hydrolysis) is 1. The maximum Gasteiger partial charge on any atom is 0.408 e. The monoisotopic (exact) mass is 537 g/mol. The number of anilines is 1. The SMILES string of the molecule is CCCCN(C(=O)C(NC(=O)OC(C)(C)C)C(C)CC)C(C(=O)Nc1ccccc1C)c1cc(C)cc(C)c1. The number of benzene rings is 2. The molecule has 0 aliphatic carbocycles. The van der Waals surface area contributed by atoms with E-state index < -0.39 is 23.8 Å². The minimum absolute atomic E-state index is 0.173. The average Bonchev–Trinajstić information content (AvgIpc) is 2.83.